The van der Waals surface area contributed by atoms with Crippen LogP contribution < -0.4 is 15.5 Å². The third kappa shape index (κ3) is 3.08. The number of amides is 2. The van der Waals surface area contributed by atoms with Crippen LogP contribution in [0.5, 0.6) is 0 Å². The topological polar surface area (TPSA) is 61.4 Å². The fourth-order valence-corrected chi connectivity index (χ4v) is 2.55. The Labute approximate surface area is 125 Å². The predicted molar refractivity (Wildman–Crippen MR) is 83.1 cm³/mol. The summed E-state index contributed by atoms with van der Waals surface area (Å²) in [6.07, 6.45) is 0. The highest BCUT2D eigenvalue weighted by molar-refractivity contribution is 6.06. The van der Waals surface area contributed by atoms with Crippen LogP contribution in [-0.2, 0) is 16.1 Å². The van der Waals surface area contributed by atoms with Crippen LogP contribution in [0.3, 0.4) is 0 Å². The number of anilines is 1. The molecule has 1 aromatic carbocycles. The summed E-state index contributed by atoms with van der Waals surface area (Å²) < 4.78 is 0. The first-order valence-corrected chi connectivity index (χ1v) is 7.28. The maximum Gasteiger partial charge on any atom is 0.251 e. The van der Waals surface area contributed by atoms with Crippen LogP contribution in [0.2, 0.25) is 0 Å². The maximum atomic E-state index is 12.1. The van der Waals surface area contributed by atoms with E-state index in [9.17, 15) is 9.59 Å². The van der Waals surface area contributed by atoms with Gasteiger partial charge in [0.05, 0.1) is 6.54 Å². The summed E-state index contributed by atoms with van der Waals surface area (Å²) in [7, 11) is 0. The second-order valence-electron chi connectivity index (χ2n) is 5.93. The zero-order valence-electron chi connectivity index (χ0n) is 13.1. The molecular formula is C16H23N3O2. The molecule has 1 fully saturated rings. The Morgan fingerprint density at radius 1 is 1.33 bits per heavy atom. The van der Waals surface area contributed by atoms with Crippen molar-refractivity contribution in [3.8, 4) is 0 Å². The minimum absolute atomic E-state index is 0.195. The Kier molecular flexibility index (Phi) is 4.32. The van der Waals surface area contributed by atoms with Crippen LogP contribution >= 0.6 is 0 Å². The molecule has 2 N–H and O–H groups in total. The van der Waals surface area contributed by atoms with E-state index >= 15 is 0 Å². The first kappa shape index (κ1) is 15.5. The van der Waals surface area contributed by atoms with Crippen molar-refractivity contribution in [3.05, 3.63) is 29.3 Å². The van der Waals surface area contributed by atoms with Crippen molar-refractivity contribution >= 4 is 17.5 Å². The van der Waals surface area contributed by atoms with Crippen molar-refractivity contribution in [2.75, 3.05) is 18.0 Å². The van der Waals surface area contributed by atoms with Gasteiger partial charge in [-0.3, -0.25) is 14.9 Å². The zero-order chi connectivity index (χ0) is 15.6. The first-order chi connectivity index (χ1) is 9.86. The molecule has 0 bridgehead atoms. The van der Waals surface area contributed by atoms with Crippen LogP contribution in [0.4, 0.5) is 5.69 Å². The Morgan fingerprint density at radius 3 is 2.71 bits per heavy atom. The van der Waals surface area contributed by atoms with Gasteiger partial charge in [0, 0.05) is 12.2 Å². The number of imide groups is 1. The summed E-state index contributed by atoms with van der Waals surface area (Å²) >= 11 is 0. The standard InChI is InChI=1S/C16H23N3O2/c1-5-17-9-12-8-11(2)6-7-13(12)19-10-14(20)18-15(21)16(19,3)4/h6-8,17H,5,9-10H2,1-4H3,(H,18,20,21). The molecule has 0 saturated carbocycles. The molecular weight excluding hydrogens is 266 g/mol. The van der Waals surface area contributed by atoms with Gasteiger partial charge in [0.25, 0.3) is 5.91 Å². The molecule has 1 aliphatic heterocycles. The van der Waals surface area contributed by atoms with Crippen LogP contribution in [0.1, 0.15) is 31.9 Å². The highest BCUT2D eigenvalue weighted by Crippen LogP contribution is 2.30. The quantitative estimate of drug-likeness (QED) is 0.821. The van der Waals surface area contributed by atoms with E-state index in [4.69, 9.17) is 0 Å². The Bertz CT molecular complexity index is 567. The molecule has 114 valence electrons. The predicted octanol–water partition coefficient (Wildman–Crippen LogP) is 1.35. The van der Waals surface area contributed by atoms with E-state index in [-0.39, 0.29) is 18.4 Å². The van der Waals surface area contributed by atoms with E-state index in [0.717, 1.165) is 29.9 Å². The average molecular weight is 289 g/mol. The second-order valence-corrected chi connectivity index (χ2v) is 5.93. The van der Waals surface area contributed by atoms with E-state index < -0.39 is 5.54 Å². The van der Waals surface area contributed by atoms with Crippen molar-refractivity contribution in [2.45, 2.75) is 39.8 Å². The summed E-state index contributed by atoms with van der Waals surface area (Å²) in [5.74, 6) is -0.511. The highest BCUT2D eigenvalue weighted by atomic mass is 16.2. The fraction of sp³-hybridized carbons (Fsp3) is 0.500. The summed E-state index contributed by atoms with van der Waals surface area (Å²) in [6, 6.07) is 6.11. The van der Waals surface area contributed by atoms with Crippen LogP contribution in [0.25, 0.3) is 0 Å². The lowest BCUT2D eigenvalue weighted by atomic mass is 9.95. The molecule has 0 atom stereocenters. The summed E-state index contributed by atoms with van der Waals surface area (Å²) in [5.41, 5.74) is 2.46. The average Bonchev–Trinajstić information content (AvgIpc) is 2.41. The van der Waals surface area contributed by atoms with E-state index in [1.807, 2.05) is 37.8 Å². The smallest absolute Gasteiger partial charge is 0.251 e. The van der Waals surface area contributed by atoms with Crippen molar-refractivity contribution in [2.24, 2.45) is 0 Å². The third-order valence-corrected chi connectivity index (χ3v) is 3.88. The Balaban J connectivity index is 2.43. The van der Waals surface area contributed by atoms with Gasteiger partial charge in [-0.15, -0.1) is 0 Å². The number of hydrogen-bond acceptors (Lipinski definition) is 4. The highest BCUT2D eigenvalue weighted by Gasteiger charge is 2.41. The van der Waals surface area contributed by atoms with Gasteiger partial charge in [0.1, 0.15) is 5.54 Å². The Hall–Kier alpha value is -1.88. The minimum atomic E-state index is -0.746. The molecule has 1 aliphatic rings. The van der Waals surface area contributed by atoms with E-state index in [1.54, 1.807) is 0 Å². The molecule has 2 amide bonds. The molecule has 5 nitrogen and oxygen atoms in total. The molecule has 0 unspecified atom stereocenters. The van der Waals surface area contributed by atoms with Gasteiger partial charge in [-0.2, -0.15) is 0 Å². The molecule has 1 heterocycles. The van der Waals surface area contributed by atoms with Gasteiger partial charge < -0.3 is 10.2 Å². The maximum absolute atomic E-state index is 12.1. The number of rotatable bonds is 4. The van der Waals surface area contributed by atoms with Crippen LogP contribution in [0, 0.1) is 6.92 Å². The molecule has 21 heavy (non-hydrogen) atoms. The molecule has 0 aliphatic carbocycles. The molecule has 0 radical (unpaired) electrons. The first-order valence-electron chi connectivity index (χ1n) is 7.28. The molecule has 0 spiro atoms. The van der Waals surface area contributed by atoms with E-state index in [0.29, 0.717) is 0 Å². The third-order valence-electron chi connectivity index (χ3n) is 3.88. The lowest BCUT2D eigenvalue weighted by Gasteiger charge is -2.42. The fourth-order valence-electron chi connectivity index (χ4n) is 2.55. The lowest BCUT2D eigenvalue weighted by molar-refractivity contribution is -0.135. The molecule has 0 aromatic heterocycles. The number of nitrogens with zero attached hydrogens (tertiary/aromatic N) is 1. The lowest BCUT2D eigenvalue weighted by Crippen LogP contribution is -2.64. The number of piperazine rings is 1. The Morgan fingerprint density at radius 2 is 2.05 bits per heavy atom. The number of hydrogen-bond donors (Lipinski definition) is 2. The molecule has 2 rings (SSSR count). The van der Waals surface area contributed by atoms with Gasteiger partial charge in [-0.05, 0) is 38.9 Å². The van der Waals surface area contributed by atoms with Crippen molar-refractivity contribution < 1.29 is 9.59 Å². The van der Waals surface area contributed by atoms with Gasteiger partial charge >= 0.3 is 0 Å². The van der Waals surface area contributed by atoms with Gasteiger partial charge in [0.15, 0.2) is 0 Å². The van der Waals surface area contributed by atoms with Gasteiger partial charge in [0.2, 0.25) is 5.91 Å². The van der Waals surface area contributed by atoms with Crippen molar-refractivity contribution in [1.29, 1.82) is 0 Å². The number of benzene rings is 1. The van der Waals surface area contributed by atoms with Crippen molar-refractivity contribution in [3.63, 3.8) is 0 Å². The number of carbonyl (C=O) groups is 2. The number of carbonyl (C=O) groups excluding carboxylic acids is 2. The second kappa shape index (κ2) is 5.85. The van der Waals surface area contributed by atoms with Crippen LogP contribution in [-0.4, -0.2) is 30.4 Å². The van der Waals surface area contributed by atoms with Crippen LogP contribution in [0.15, 0.2) is 18.2 Å². The monoisotopic (exact) mass is 289 g/mol. The number of nitrogens with one attached hydrogen (secondary N) is 2. The number of aryl methyl sites for hydroxylation is 1. The summed E-state index contributed by atoms with van der Waals surface area (Å²) in [5, 5.41) is 5.72. The molecule has 1 aromatic rings. The van der Waals surface area contributed by atoms with Crippen molar-refractivity contribution in [1.82, 2.24) is 10.6 Å². The minimum Gasteiger partial charge on any atom is -0.348 e. The van der Waals surface area contributed by atoms with Gasteiger partial charge in [-0.1, -0.05) is 24.6 Å². The molecule has 1 saturated heterocycles. The van der Waals surface area contributed by atoms with E-state index in [1.165, 1.54) is 0 Å². The van der Waals surface area contributed by atoms with E-state index in [2.05, 4.69) is 23.6 Å². The van der Waals surface area contributed by atoms with Gasteiger partial charge in [-0.25, -0.2) is 0 Å². The largest absolute Gasteiger partial charge is 0.348 e. The molecule has 5 heteroatoms. The normalized spacial score (nSPS) is 17.8. The SMILES string of the molecule is CCNCc1cc(C)ccc1N1CC(=O)NC(=O)C1(C)C. The zero-order valence-corrected chi connectivity index (χ0v) is 13.1. The summed E-state index contributed by atoms with van der Waals surface area (Å²) in [4.78, 5) is 25.8. The summed E-state index contributed by atoms with van der Waals surface area (Å²) in [6.45, 7) is 9.56.